The van der Waals surface area contributed by atoms with Gasteiger partial charge < -0.3 is 18.9 Å². The Balaban J connectivity index is 1.44. The summed E-state index contributed by atoms with van der Waals surface area (Å²) in [5, 5.41) is 3.06. The molecule has 0 aromatic carbocycles. The van der Waals surface area contributed by atoms with Crippen LogP contribution in [0.5, 0.6) is 0 Å². The molecule has 0 radical (unpaired) electrons. The smallest absolute Gasteiger partial charge is 0.254 e. The van der Waals surface area contributed by atoms with Crippen molar-refractivity contribution < 1.29 is 18.4 Å². The van der Waals surface area contributed by atoms with E-state index in [1.165, 1.54) is 0 Å². The molecule has 0 spiro atoms. The molecule has 0 bridgehead atoms. The Hall–Kier alpha value is -2.05. The van der Waals surface area contributed by atoms with Crippen LogP contribution in [0.2, 0.25) is 0 Å². The molecule has 3 heterocycles. The molecule has 1 saturated heterocycles. The van der Waals surface area contributed by atoms with Crippen molar-refractivity contribution in [2.45, 2.75) is 31.7 Å². The minimum atomic E-state index is -0.0852. The number of carbonyl (C=O) groups excluding carboxylic acids is 1. The van der Waals surface area contributed by atoms with Crippen molar-refractivity contribution in [2.24, 2.45) is 0 Å². The van der Waals surface area contributed by atoms with Gasteiger partial charge in [-0.2, -0.15) is 0 Å². The van der Waals surface area contributed by atoms with Gasteiger partial charge in [0.15, 0.2) is 0 Å². The number of amides is 1. The summed E-state index contributed by atoms with van der Waals surface area (Å²) in [4.78, 5) is 14.9. The van der Waals surface area contributed by atoms with Crippen LogP contribution in [0.25, 0.3) is 0 Å². The van der Waals surface area contributed by atoms with Crippen molar-refractivity contribution in [2.75, 3.05) is 32.8 Å². The number of hydrogen-bond acceptors (Lipinski definition) is 5. The summed E-state index contributed by atoms with van der Waals surface area (Å²) in [6.07, 6.45) is 3.99. The summed E-state index contributed by atoms with van der Waals surface area (Å²) in [5.74, 6) is 2.92. The lowest BCUT2D eigenvalue weighted by Gasteiger charge is -2.33. The van der Waals surface area contributed by atoms with E-state index in [0.717, 1.165) is 37.5 Å². The molecule has 2 aromatic heterocycles. The van der Waals surface area contributed by atoms with E-state index in [9.17, 15) is 4.79 Å². The largest absolute Gasteiger partial charge is 0.468 e. The third kappa shape index (κ3) is 3.65. The summed E-state index contributed by atoms with van der Waals surface area (Å²) in [6, 6.07) is 5.75. The van der Waals surface area contributed by atoms with Crippen LogP contribution < -0.4 is 5.32 Å². The Morgan fingerprint density at radius 1 is 1.36 bits per heavy atom. The molecule has 2 fully saturated rings. The molecule has 1 atom stereocenters. The zero-order chi connectivity index (χ0) is 17.2. The van der Waals surface area contributed by atoms with Crippen LogP contribution in [0.4, 0.5) is 0 Å². The number of nitrogens with one attached hydrogen (secondary N) is 1. The van der Waals surface area contributed by atoms with E-state index in [1.54, 1.807) is 6.26 Å². The number of rotatable bonds is 6. The van der Waals surface area contributed by atoms with Gasteiger partial charge in [-0.3, -0.25) is 9.69 Å². The van der Waals surface area contributed by atoms with Gasteiger partial charge in [0.25, 0.3) is 5.91 Å². The Bertz CT molecular complexity index is 712. The number of aryl methyl sites for hydroxylation is 1. The lowest BCUT2D eigenvalue weighted by atomic mass is 10.1. The molecule has 6 nitrogen and oxygen atoms in total. The number of furan rings is 2. The standard InChI is InChI=1S/C19H24N2O4/c1-13-15(11-18(25-13)14-4-5-14)19(22)20-12-16(17-3-2-8-24-17)21-6-9-23-10-7-21/h2-3,8,11,14,16H,4-7,9-10,12H2,1H3,(H,20,22). The summed E-state index contributed by atoms with van der Waals surface area (Å²) in [7, 11) is 0. The highest BCUT2D eigenvalue weighted by Crippen LogP contribution is 2.41. The highest BCUT2D eigenvalue weighted by Gasteiger charge is 2.30. The van der Waals surface area contributed by atoms with Crippen molar-refractivity contribution in [3.63, 3.8) is 0 Å². The molecule has 1 unspecified atom stereocenters. The maximum Gasteiger partial charge on any atom is 0.254 e. The molecule has 2 aromatic rings. The van der Waals surface area contributed by atoms with Crippen molar-refractivity contribution in [3.8, 4) is 0 Å². The van der Waals surface area contributed by atoms with Crippen LogP contribution in [0.1, 0.15) is 52.4 Å². The highest BCUT2D eigenvalue weighted by molar-refractivity contribution is 5.95. The lowest BCUT2D eigenvalue weighted by molar-refractivity contribution is 0.0118. The second kappa shape index (κ2) is 7.06. The summed E-state index contributed by atoms with van der Waals surface area (Å²) in [6.45, 7) is 5.42. The average Bonchev–Trinajstić information content (AvgIpc) is 3.19. The molecule has 4 rings (SSSR count). The Morgan fingerprint density at radius 2 is 2.16 bits per heavy atom. The normalized spacial score (nSPS) is 19.7. The topological polar surface area (TPSA) is 67.9 Å². The molecule has 134 valence electrons. The first-order valence-electron chi connectivity index (χ1n) is 8.96. The van der Waals surface area contributed by atoms with Gasteiger partial charge in [-0.25, -0.2) is 0 Å². The lowest BCUT2D eigenvalue weighted by Crippen LogP contribution is -2.43. The molecular formula is C19H24N2O4. The molecular weight excluding hydrogens is 320 g/mol. The van der Waals surface area contributed by atoms with Crippen LogP contribution in [-0.4, -0.2) is 43.7 Å². The predicted molar refractivity (Wildman–Crippen MR) is 91.6 cm³/mol. The zero-order valence-electron chi connectivity index (χ0n) is 14.5. The van der Waals surface area contributed by atoms with Crippen molar-refractivity contribution in [3.05, 3.63) is 47.3 Å². The Labute approximate surface area is 147 Å². The van der Waals surface area contributed by atoms with Gasteiger partial charge in [-0.05, 0) is 38.0 Å². The predicted octanol–water partition coefficient (Wildman–Crippen LogP) is 2.86. The fourth-order valence-corrected chi connectivity index (χ4v) is 3.36. The van der Waals surface area contributed by atoms with Gasteiger partial charge in [0.1, 0.15) is 17.3 Å². The second-order valence-corrected chi connectivity index (χ2v) is 6.78. The third-order valence-corrected chi connectivity index (χ3v) is 4.98. The van der Waals surface area contributed by atoms with Gasteiger partial charge in [0, 0.05) is 25.6 Å². The third-order valence-electron chi connectivity index (χ3n) is 4.98. The van der Waals surface area contributed by atoms with Crippen molar-refractivity contribution in [1.82, 2.24) is 10.2 Å². The molecule has 1 saturated carbocycles. The SMILES string of the molecule is Cc1oc(C2CC2)cc1C(=O)NCC(c1ccco1)N1CCOCC1. The fourth-order valence-electron chi connectivity index (χ4n) is 3.36. The number of morpholine rings is 1. The van der Waals surface area contributed by atoms with Gasteiger partial charge in [-0.1, -0.05) is 0 Å². The minimum Gasteiger partial charge on any atom is -0.468 e. The highest BCUT2D eigenvalue weighted by atomic mass is 16.5. The summed E-state index contributed by atoms with van der Waals surface area (Å²) in [5.41, 5.74) is 0.641. The first-order chi connectivity index (χ1) is 12.2. The van der Waals surface area contributed by atoms with E-state index in [2.05, 4.69) is 10.2 Å². The maximum atomic E-state index is 12.6. The maximum absolute atomic E-state index is 12.6. The fraction of sp³-hybridized carbons (Fsp3) is 0.526. The van der Waals surface area contributed by atoms with Crippen LogP contribution in [0, 0.1) is 6.92 Å². The molecule has 25 heavy (non-hydrogen) atoms. The number of carbonyl (C=O) groups is 1. The van der Waals surface area contributed by atoms with E-state index in [0.29, 0.717) is 37.0 Å². The van der Waals surface area contributed by atoms with Crippen molar-refractivity contribution in [1.29, 1.82) is 0 Å². The Kier molecular flexibility index (Phi) is 4.63. The molecule has 1 amide bonds. The van der Waals surface area contributed by atoms with Gasteiger partial charge in [-0.15, -0.1) is 0 Å². The van der Waals surface area contributed by atoms with Crippen LogP contribution in [-0.2, 0) is 4.74 Å². The average molecular weight is 344 g/mol. The summed E-state index contributed by atoms with van der Waals surface area (Å²) < 4.78 is 16.8. The molecule has 6 heteroatoms. The zero-order valence-corrected chi connectivity index (χ0v) is 14.5. The van der Waals surface area contributed by atoms with E-state index in [4.69, 9.17) is 13.6 Å². The molecule has 2 aliphatic rings. The van der Waals surface area contributed by atoms with E-state index < -0.39 is 0 Å². The van der Waals surface area contributed by atoms with Gasteiger partial charge in [0.05, 0.1) is 31.1 Å². The first-order valence-corrected chi connectivity index (χ1v) is 8.96. The quantitative estimate of drug-likeness (QED) is 0.873. The molecule has 1 N–H and O–H groups in total. The molecule has 1 aliphatic carbocycles. The van der Waals surface area contributed by atoms with Crippen LogP contribution in [0.15, 0.2) is 33.3 Å². The van der Waals surface area contributed by atoms with E-state index in [-0.39, 0.29) is 11.9 Å². The summed E-state index contributed by atoms with van der Waals surface area (Å²) >= 11 is 0. The van der Waals surface area contributed by atoms with E-state index >= 15 is 0 Å². The second-order valence-electron chi connectivity index (χ2n) is 6.78. The minimum absolute atomic E-state index is 0.0120. The molecule has 1 aliphatic heterocycles. The number of ether oxygens (including phenoxy) is 1. The van der Waals surface area contributed by atoms with Gasteiger partial charge >= 0.3 is 0 Å². The van der Waals surface area contributed by atoms with Crippen LogP contribution in [0.3, 0.4) is 0 Å². The first kappa shape index (κ1) is 16.4. The number of hydrogen-bond donors (Lipinski definition) is 1. The van der Waals surface area contributed by atoms with Crippen molar-refractivity contribution >= 4 is 5.91 Å². The van der Waals surface area contributed by atoms with Crippen LogP contribution >= 0.6 is 0 Å². The van der Waals surface area contributed by atoms with E-state index in [1.807, 2.05) is 25.1 Å². The monoisotopic (exact) mass is 344 g/mol. The van der Waals surface area contributed by atoms with Gasteiger partial charge in [0.2, 0.25) is 0 Å². The number of nitrogens with zero attached hydrogens (tertiary/aromatic N) is 1. The Morgan fingerprint density at radius 3 is 2.84 bits per heavy atom.